The summed E-state index contributed by atoms with van der Waals surface area (Å²) in [7, 11) is 0. The van der Waals surface area contributed by atoms with Crippen LogP contribution in [0, 0.1) is 0 Å². The fourth-order valence-electron chi connectivity index (χ4n) is 0.356. The minimum atomic E-state index is -5.47. The highest BCUT2D eigenvalue weighted by atomic mass is 19.4. The van der Waals surface area contributed by atoms with Crippen LogP contribution in [0.5, 0.6) is 0 Å². The second kappa shape index (κ2) is 3.87. The Morgan fingerprint density at radius 2 is 1.29 bits per heavy atom. The molecule has 0 aliphatic rings. The maximum absolute atomic E-state index is 12.0. The molecule has 1 nitrogen and oxygen atoms in total. The topological polar surface area (TPSA) is 9.23 Å². The highest BCUT2D eigenvalue weighted by Crippen LogP contribution is 2.36. The van der Waals surface area contributed by atoms with Gasteiger partial charge in [0.2, 0.25) is 0 Å². The smallest absolute Gasteiger partial charge is 0.306 e. The van der Waals surface area contributed by atoms with Gasteiger partial charge >= 0.3 is 18.2 Å². The van der Waals surface area contributed by atoms with E-state index in [0.717, 1.165) is 0 Å². The molecule has 0 radical (unpaired) electrons. The van der Waals surface area contributed by atoms with Crippen molar-refractivity contribution in [2.24, 2.45) is 0 Å². The van der Waals surface area contributed by atoms with Crippen LogP contribution in [-0.2, 0) is 4.74 Å². The van der Waals surface area contributed by atoms with Gasteiger partial charge in [0.05, 0.1) is 0 Å². The Morgan fingerprint density at radius 3 is 1.57 bits per heavy atom. The first-order valence-corrected chi connectivity index (χ1v) is 3.04. The molecular weight excluding hydrogens is 228 g/mol. The zero-order chi connectivity index (χ0) is 11.6. The molecule has 0 amide bonds. The summed E-state index contributed by atoms with van der Waals surface area (Å²) in [5, 5.41) is 0. The SMILES string of the molecule is FCC(F)(F)C(F)(F)OCC(F)(F)F. The molecule has 0 aromatic carbocycles. The fraction of sp³-hybridized carbons (Fsp3) is 1.00. The van der Waals surface area contributed by atoms with Crippen LogP contribution >= 0.6 is 0 Å². The number of hydrogen-bond acceptors (Lipinski definition) is 1. The lowest BCUT2D eigenvalue weighted by Gasteiger charge is -2.24. The molecular formula is C5H4F8O. The lowest BCUT2D eigenvalue weighted by atomic mass is 10.3. The average Bonchev–Trinajstić information content (AvgIpc) is 1.99. The first-order valence-electron chi connectivity index (χ1n) is 3.04. The summed E-state index contributed by atoms with van der Waals surface area (Å²) < 4.78 is 95.6. The summed E-state index contributed by atoms with van der Waals surface area (Å²) in [6.45, 7) is -5.38. The lowest BCUT2D eigenvalue weighted by molar-refractivity contribution is -0.369. The zero-order valence-electron chi connectivity index (χ0n) is 6.35. The van der Waals surface area contributed by atoms with E-state index in [4.69, 9.17) is 0 Å². The van der Waals surface area contributed by atoms with Gasteiger partial charge in [-0.05, 0) is 0 Å². The Kier molecular flexibility index (Phi) is 3.71. The van der Waals surface area contributed by atoms with E-state index < -0.39 is 31.5 Å². The summed E-state index contributed by atoms with van der Waals surface area (Å²) in [4.78, 5) is 0. The molecule has 0 bridgehead atoms. The molecule has 86 valence electrons. The number of alkyl halides is 8. The van der Waals surface area contributed by atoms with Gasteiger partial charge in [-0.2, -0.15) is 30.7 Å². The third kappa shape index (κ3) is 3.64. The van der Waals surface area contributed by atoms with Gasteiger partial charge in [-0.15, -0.1) is 0 Å². The van der Waals surface area contributed by atoms with Crippen LogP contribution < -0.4 is 0 Å². The predicted octanol–water partition coefficient (Wildman–Crippen LogP) is 2.76. The molecule has 0 aliphatic heterocycles. The van der Waals surface area contributed by atoms with Crippen molar-refractivity contribution >= 4 is 0 Å². The average molecular weight is 232 g/mol. The minimum absolute atomic E-state index is 2.57. The van der Waals surface area contributed by atoms with E-state index in [9.17, 15) is 35.1 Å². The van der Waals surface area contributed by atoms with Crippen molar-refractivity contribution in [2.45, 2.75) is 18.2 Å². The molecule has 0 heterocycles. The largest absolute Gasteiger partial charge is 0.422 e. The standard InChI is InChI=1S/C5H4F8O/c6-1-3(7,8)5(12,13)14-2-4(9,10)11/h1-2H2. The molecule has 0 rings (SSSR count). The van der Waals surface area contributed by atoms with Crippen molar-refractivity contribution in [2.75, 3.05) is 13.3 Å². The van der Waals surface area contributed by atoms with Gasteiger partial charge in [0, 0.05) is 0 Å². The minimum Gasteiger partial charge on any atom is -0.306 e. The third-order valence-corrected chi connectivity index (χ3v) is 1.01. The van der Waals surface area contributed by atoms with Crippen molar-refractivity contribution in [1.29, 1.82) is 0 Å². The third-order valence-electron chi connectivity index (χ3n) is 1.01. The molecule has 9 heteroatoms. The van der Waals surface area contributed by atoms with Crippen LogP contribution in [0.1, 0.15) is 0 Å². The van der Waals surface area contributed by atoms with E-state index >= 15 is 0 Å². The van der Waals surface area contributed by atoms with Gasteiger partial charge < -0.3 is 4.74 Å². The number of halogens is 8. The molecule has 0 fully saturated rings. The van der Waals surface area contributed by atoms with Crippen LogP contribution in [0.25, 0.3) is 0 Å². The Balaban J connectivity index is 4.35. The normalized spacial score (nSPS) is 14.6. The van der Waals surface area contributed by atoms with Crippen LogP contribution in [-0.4, -0.2) is 31.5 Å². The number of ether oxygens (including phenoxy) is 1. The van der Waals surface area contributed by atoms with Crippen LogP contribution in [0.2, 0.25) is 0 Å². The Morgan fingerprint density at radius 1 is 0.857 bits per heavy atom. The summed E-state index contributed by atoms with van der Waals surface area (Å²) in [6, 6.07) is 0. The first-order chi connectivity index (χ1) is 6.02. The van der Waals surface area contributed by atoms with E-state index in [1.807, 2.05) is 0 Å². The highest BCUT2D eigenvalue weighted by Gasteiger charge is 2.59. The van der Waals surface area contributed by atoms with E-state index in [1.165, 1.54) is 0 Å². The van der Waals surface area contributed by atoms with E-state index in [-0.39, 0.29) is 0 Å². The van der Waals surface area contributed by atoms with Gasteiger partial charge in [-0.3, -0.25) is 0 Å². The van der Waals surface area contributed by atoms with Crippen molar-refractivity contribution < 1.29 is 39.9 Å². The second-order valence-electron chi connectivity index (χ2n) is 2.26. The summed E-state index contributed by atoms with van der Waals surface area (Å²) in [5.74, 6) is -5.27. The Hall–Kier alpha value is -0.600. The molecule has 0 spiro atoms. The van der Waals surface area contributed by atoms with Gasteiger partial charge in [0.15, 0.2) is 6.67 Å². The van der Waals surface area contributed by atoms with Crippen LogP contribution in [0.4, 0.5) is 35.1 Å². The highest BCUT2D eigenvalue weighted by molar-refractivity contribution is 4.76. The van der Waals surface area contributed by atoms with Gasteiger partial charge in [-0.1, -0.05) is 0 Å². The maximum Gasteiger partial charge on any atom is 0.422 e. The van der Waals surface area contributed by atoms with Crippen molar-refractivity contribution in [3.8, 4) is 0 Å². The van der Waals surface area contributed by atoms with E-state index in [2.05, 4.69) is 4.74 Å². The molecule has 0 aromatic heterocycles. The molecule has 0 unspecified atom stereocenters. The van der Waals surface area contributed by atoms with Crippen LogP contribution in [0.3, 0.4) is 0 Å². The second-order valence-corrected chi connectivity index (χ2v) is 2.26. The predicted molar refractivity (Wildman–Crippen MR) is 27.9 cm³/mol. The Bertz CT molecular complexity index is 185. The monoisotopic (exact) mass is 232 g/mol. The first kappa shape index (κ1) is 13.4. The molecule has 0 aliphatic carbocycles. The summed E-state index contributed by atoms with van der Waals surface area (Å²) in [6.07, 6.45) is -10.7. The van der Waals surface area contributed by atoms with Crippen molar-refractivity contribution in [1.82, 2.24) is 0 Å². The number of rotatable bonds is 4. The molecule has 0 saturated heterocycles. The maximum atomic E-state index is 12.0. The quantitative estimate of drug-likeness (QED) is 0.677. The summed E-state index contributed by atoms with van der Waals surface area (Å²) in [5.41, 5.74) is 0. The van der Waals surface area contributed by atoms with Gasteiger partial charge in [0.1, 0.15) is 6.61 Å². The summed E-state index contributed by atoms with van der Waals surface area (Å²) >= 11 is 0. The molecule has 0 aromatic rings. The van der Waals surface area contributed by atoms with Gasteiger partial charge in [0.25, 0.3) is 0 Å². The van der Waals surface area contributed by atoms with E-state index in [1.54, 1.807) is 0 Å². The van der Waals surface area contributed by atoms with Crippen LogP contribution in [0.15, 0.2) is 0 Å². The van der Waals surface area contributed by atoms with Gasteiger partial charge in [-0.25, -0.2) is 4.39 Å². The van der Waals surface area contributed by atoms with E-state index in [0.29, 0.717) is 0 Å². The zero-order valence-corrected chi connectivity index (χ0v) is 6.35. The molecule has 0 saturated carbocycles. The number of hydrogen-bond donors (Lipinski definition) is 0. The molecule has 14 heavy (non-hydrogen) atoms. The molecule has 0 N–H and O–H groups in total. The Labute approximate surface area is 72.6 Å². The van der Waals surface area contributed by atoms with Crippen molar-refractivity contribution in [3.63, 3.8) is 0 Å². The molecule has 0 atom stereocenters. The van der Waals surface area contributed by atoms with Crippen molar-refractivity contribution in [3.05, 3.63) is 0 Å². The fourth-order valence-corrected chi connectivity index (χ4v) is 0.356. The lowest BCUT2D eigenvalue weighted by Crippen LogP contribution is -2.46.